The number of hydrogen-bond acceptors (Lipinski definition) is 5. The first-order valence-corrected chi connectivity index (χ1v) is 6.18. The topological polar surface area (TPSA) is 46.2 Å². The van der Waals surface area contributed by atoms with Gasteiger partial charge in [-0.2, -0.15) is 0 Å². The van der Waals surface area contributed by atoms with Crippen molar-refractivity contribution in [2.45, 2.75) is 70.3 Å². The number of rotatable bonds is 1. The molecule has 0 spiro atoms. The van der Waals surface area contributed by atoms with Crippen molar-refractivity contribution >= 4 is 0 Å². The molecular weight excluding hydrogens is 224 g/mol. The van der Waals surface area contributed by atoms with E-state index in [-0.39, 0.29) is 24.6 Å². The second-order valence-corrected chi connectivity index (χ2v) is 5.82. The maximum absolute atomic E-state index is 5.85. The van der Waals surface area contributed by atoms with Crippen LogP contribution in [0.2, 0.25) is 0 Å². The molecule has 0 aliphatic carbocycles. The summed E-state index contributed by atoms with van der Waals surface area (Å²) in [6, 6.07) is 0. The van der Waals surface area contributed by atoms with Crippen molar-refractivity contribution in [2.24, 2.45) is 0 Å². The van der Waals surface area contributed by atoms with Crippen LogP contribution in [0.25, 0.3) is 0 Å². The summed E-state index contributed by atoms with van der Waals surface area (Å²) in [4.78, 5) is 0. The van der Waals surface area contributed by atoms with Crippen LogP contribution < -0.4 is 0 Å². The van der Waals surface area contributed by atoms with Gasteiger partial charge in [0.25, 0.3) is 0 Å². The van der Waals surface area contributed by atoms with Gasteiger partial charge in [0.2, 0.25) is 0 Å². The van der Waals surface area contributed by atoms with Crippen molar-refractivity contribution in [3.8, 4) is 0 Å². The Hall–Kier alpha value is -0.200. The maximum atomic E-state index is 5.85. The third kappa shape index (κ3) is 2.22. The average molecular weight is 244 g/mol. The third-order valence-electron chi connectivity index (χ3n) is 3.36. The molecule has 0 amide bonds. The summed E-state index contributed by atoms with van der Waals surface area (Å²) in [5.74, 6) is -1.04. The molecule has 0 radical (unpaired) electrons. The van der Waals surface area contributed by atoms with E-state index in [2.05, 4.69) is 0 Å². The van der Waals surface area contributed by atoms with Crippen LogP contribution in [0.1, 0.15) is 34.1 Å². The number of ether oxygens (including phenoxy) is 5. The van der Waals surface area contributed by atoms with Crippen LogP contribution in [-0.2, 0) is 23.7 Å². The average Bonchev–Trinajstić information content (AvgIpc) is 2.75. The third-order valence-corrected chi connectivity index (χ3v) is 3.36. The zero-order chi connectivity index (χ0) is 12.3. The van der Waals surface area contributed by atoms with Gasteiger partial charge >= 0.3 is 0 Å². The Morgan fingerprint density at radius 1 is 0.824 bits per heavy atom. The van der Waals surface area contributed by atoms with E-state index in [1.165, 1.54) is 0 Å². The lowest BCUT2D eigenvalue weighted by atomic mass is 10.1. The van der Waals surface area contributed by atoms with Gasteiger partial charge in [-0.05, 0) is 27.7 Å². The summed E-state index contributed by atoms with van der Waals surface area (Å²) < 4.78 is 28.6. The summed E-state index contributed by atoms with van der Waals surface area (Å²) in [7, 11) is 0. The SMILES string of the molecule is CC1(C)O[C@@H]2O[C@@H]([C@H]3COC(C)(C)O3)C[C@H]2O1. The van der Waals surface area contributed by atoms with Crippen LogP contribution in [-0.4, -0.2) is 42.8 Å². The predicted octanol–water partition coefficient (Wildman–Crippen LogP) is 1.40. The van der Waals surface area contributed by atoms with Crippen LogP contribution in [0.4, 0.5) is 0 Å². The van der Waals surface area contributed by atoms with E-state index in [1.54, 1.807) is 0 Å². The van der Waals surface area contributed by atoms with Crippen molar-refractivity contribution in [1.82, 2.24) is 0 Å². The Kier molecular flexibility index (Phi) is 2.55. The Labute approximate surface area is 101 Å². The minimum absolute atomic E-state index is 0.00266. The summed E-state index contributed by atoms with van der Waals surface area (Å²) in [6.07, 6.45) is 0.538. The van der Waals surface area contributed by atoms with E-state index < -0.39 is 11.6 Å². The number of fused-ring (bicyclic) bond motifs is 1. The molecule has 0 unspecified atom stereocenters. The smallest absolute Gasteiger partial charge is 0.187 e. The predicted molar refractivity (Wildman–Crippen MR) is 58.2 cm³/mol. The van der Waals surface area contributed by atoms with Crippen molar-refractivity contribution in [1.29, 1.82) is 0 Å². The lowest BCUT2D eigenvalue weighted by Crippen LogP contribution is -2.33. The van der Waals surface area contributed by atoms with E-state index in [0.717, 1.165) is 6.42 Å². The Balaban J connectivity index is 1.60. The largest absolute Gasteiger partial charge is 0.348 e. The van der Waals surface area contributed by atoms with Crippen molar-refractivity contribution in [2.75, 3.05) is 6.61 Å². The molecule has 98 valence electrons. The van der Waals surface area contributed by atoms with Crippen molar-refractivity contribution < 1.29 is 23.7 Å². The summed E-state index contributed by atoms with van der Waals surface area (Å²) in [5, 5.41) is 0. The highest BCUT2D eigenvalue weighted by molar-refractivity contribution is 4.90. The van der Waals surface area contributed by atoms with Crippen LogP contribution in [0.15, 0.2) is 0 Å². The van der Waals surface area contributed by atoms with Crippen LogP contribution in [0, 0.1) is 0 Å². The summed E-state index contributed by atoms with van der Waals surface area (Å²) >= 11 is 0. The minimum atomic E-state index is -0.535. The highest BCUT2D eigenvalue weighted by Gasteiger charge is 2.52. The Bertz CT molecular complexity index is 298. The van der Waals surface area contributed by atoms with Crippen LogP contribution in [0.3, 0.4) is 0 Å². The molecule has 17 heavy (non-hydrogen) atoms. The fourth-order valence-electron chi connectivity index (χ4n) is 2.67. The van der Waals surface area contributed by atoms with Gasteiger partial charge in [-0.3, -0.25) is 0 Å². The van der Waals surface area contributed by atoms with E-state index in [4.69, 9.17) is 23.7 Å². The Morgan fingerprint density at radius 3 is 2.12 bits per heavy atom. The highest BCUT2D eigenvalue weighted by Crippen LogP contribution is 2.40. The van der Waals surface area contributed by atoms with Gasteiger partial charge in [0, 0.05) is 6.42 Å². The fourth-order valence-corrected chi connectivity index (χ4v) is 2.67. The first-order valence-electron chi connectivity index (χ1n) is 6.18. The molecule has 5 heteroatoms. The molecule has 3 saturated heterocycles. The first-order chi connectivity index (χ1) is 7.85. The molecule has 0 aromatic carbocycles. The molecule has 0 saturated carbocycles. The van der Waals surface area contributed by atoms with Gasteiger partial charge in [0.15, 0.2) is 17.9 Å². The molecule has 0 aromatic rings. The van der Waals surface area contributed by atoms with Gasteiger partial charge < -0.3 is 23.7 Å². The van der Waals surface area contributed by atoms with Crippen LogP contribution in [0.5, 0.6) is 0 Å². The molecule has 3 heterocycles. The molecule has 3 aliphatic rings. The summed E-state index contributed by atoms with van der Waals surface area (Å²) in [6.45, 7) is 8.21. The second-order valence-electron chi connectivity index (χ2n) is 5.82. The van der Waals surface area contributed by atoms with E-state index in [9.17, 15) is 0 Å². The fraction of sp³-hybridized carbons (Fsp3) is 1.00. The molecular formula is C12H20O5. The van der Waals surface area contributed by atoms with Gasteiger partial charge in [-0.1, -0.05) is 0 Å². The standard InChI is InChI=1S/C12H20O5/c1-11(2)13-6-9(16-11)7-5-8-10(14-7)17-12(3,4)15-8/h7-10H,5-6H2,1-4H3/t7-,8-,9-,10+/m1/s1. The molecule has 5 nitrogen and oxygen atoms in total. The maximum Gasteiger partial charge on any atom is 0.187 e. The van der Waals surface area contributed by atoms with Crippen LogP contribution >= 0.6 is 0 Å². The second kappa shape index (κ2) is 3.65. The van der Waals surface area contributed by atoms with Crippen molar-refractivity contribution in [3.63, 3.8) is 0 Å². The molecule has 3 aliphatic heterocycles. The lowest BCUT2D eigenvalue weighted by Gasteiger charge is -2.23. The van der Waals surface area contributed by atoms with E-state index in [1.807, 2.05) is 27.7 Å². The molecule has 3 rings (SSSR count). The van der Waals surface area contributed by atoms with Gasteiger partial charge in [0.05, 0.1) is 12.7 Å². The molecule has 0 bridgehead atoms. The first kappa shape index (κ1) is 11.9. The zero-order valence-corrected chi connectivity index (χ0v) is 10.8. The highest BCUT2D eigenvalue weighted by atomic mass is 16.8. The van der Waals surface area contributed by atoms with Gasteiger partial charge in [-0.25, -0.2) is 0 Å². The molecule has 0 N–H and O–H groups in total. The minimum Gasteiger partial charge on any atom is -0.348 e. The van der Waals surface area contributed by atoms with E-state index >= 15 is 0 Å². The number of hydrogen-bond donors (Lipinski definition) is 0. The molecule has 4 atom stereocenters. The quantitative estimate of drug-likeness (QED) is 0.697. The Morgan fingerprint density at radius 2 is 1.53 bits per heavy atom. The monoisotopic (exact) mass is 244 g/mol. The van der Waals surface area contributed by atoms with Crippen molar-refractivity contribution in [3.05, 3.63) is 0 Å². The normalized spacial score (nSPS) is 47.3. The lowest BCUT2D eigenvalue weighted by molar-refractivity contribution is -0.220. The molecule has 0 aromatic heterocycles. The molecule has 3 fully saturated rings. The van der Waals surface area contributed by atoms with Gasteiger partial charge in [-0.15, -0.1) is 0 Å². The van der Waals surface area contributed by atoms with Gasteiger partial charge in [0.1, 0.15) is 12.2 Å². The van der Waals surface area contributed by atoms with E-state index in [0.29, 0.717) is 6.61 Å². The summed E-state index contributed by atoms with van der Waals surface area (Å²) in [5.41, 5.74) is 0. The zero-order valence-electron chi connectivity index (χ0n) is 10.8.